The van der Waals surface area contributed by atoms with Gasteiger partial charge in [-0.15, -0.1) is 0 Å². The van der Waals surface area contributed by atoms with Crippen LogP contribution in [0.15, 0.2) is 27.8 Å². The van der Waals surface area contributed by atoms with Crippen LogP contribution in [0.5, 0.6) is 0 Å². The number of carbonyl (C=O) groups excluding carboxylic acids is 1. The number of nitrogens with two attached hydrogens (primary N) is 1. The summed E-state index contributed by atoms with van der Waals surface area (Å²) in [6.45, 7) is 3.01. The van der Waals surface area contributed by atoms with Crippen molar-refractivity contribution in [1.82, 2.24) is 4.90 Å². The molecule has 1 heterocycles. The number of amidine groups is 1. The number of carbonyl (C=O) groups is 1. The van der Waals surface area contributed by atoms with E-state index >= 15 is 0 Å². The molecule has 1 amide bonds. The third-order valence-corrected chi connectivity index (χ3v) is 4.16. The first kappa shape index (κ1) is 14.8. The van der Waals surface area contributed by atoms with Crippen LogP contribution in [0, 0.1) is 6.92 Å². The number of oxime groups is 1. The Balaban J connectivity index is 2.19. The lowest BCUT2D eigenvalue weighted by Crippen LogP contribution is -2.50. The Labute approximate surface area is 125 Å². The Morgan fingerprint density at radius 3 is 3.05 bits per heavy atom. The minimum absolute atomic E-state index is 0.0199. The number of ether oxygens (including phenoxy) is 1. The second-order valence-corrected chi connectivity index (χ2v) is 5.40. The second-order valence-electron chi connectivity index (χ2n) is 4.55. The first-order chi connectivity index (χ1) is 9.54. The minimum atomic E-state index is -0.565. The molecule has 0 radical (unpaired) electrons. The van der Waals surface area contributed by atoms with Crippen molar-refractivity contribution in [2.45, 2.75) is 13.0 Å². The largest absolute Gasteiger partial charge is 0.409 e. The first-order valence-electron chi connectivity index (χ1n) is 6.18. The van der Waals surface area contributed by atoms with Crippen LogP contribution in [0.2, 0.25) is 0 Å². The minimum Gasteiger partial charge on any atom is -0.409 e. The molecule has 0 saturated carbocycles. The first-order valence-corrected chi connectivity index (χ1v) is 6.97. The fourth-order valence-corrected chi connectivity index (χ4v) is 2.45. The third kappa shape index (κ3) is 2.94. The van der Waals surface area contributed by atoms with Crippen molar-refractivity contribution >= 4 is 27.7 Å². The van der Waals surface area contributed by atoms with E-state index in [1.165, 1.54) is 0 Å². The molecule has 0 spiro atoms. The maximum absolute atomic E-state index is 12.5. The maximum atomic E-state index is 12.5. The molecule has 3 N–H and O–H groups in total. The Morgan fingerprint density at radius 2 is 2.35 bits per heavy atom. The van der Waals surface area contributed by atoms with E-state index in [0.29, 0.717) is 18.7 Å². The highest BCUT2D eigenvalue weighted by molar-refractivity contribution is 9.10. The average Bonchev–Trinajstić information content (AvgIpc) is 2.48. The van der Waals surface area contributed by atoms with E-state index in [9.17, 15) is 4.79 Å². The molecule has 2 rings (SSSR count). The lowest BCUT2D eigenvalue weighted by molar-refractivity contribution is 0.00671. The molecule has 1 aliphatic heterocycles. The van der Waals surface area contributed by atoms with Gasteiger partial charge in [-0.25, -0.2) is 0 Å². The molecular weight excluding hydrogens is 326 g/mol. The normalized spacial score (nSPS) is 20.0. The zero-order chi connectivity index (χ0) is 14.7. The maximum Gasteiger partial charge on any atom is 0.254 e. The number of hydrogen-bond acceptors (Lipinski definition) is 4. The van der Waals surface area contributed by atoms with E-state index < -0.39 is 6.10 Å². The van der Waals surface area contributed by atoms with Gasteiger partial charge in [0.05, 0.1) is 13.2 Å². The summed E-state index contributed by atoms with van der Waals surface area (Å²) >= 11 is 3.42. The van der Waals surface area contributed by atoms with Crippen LogP contribution in [-0.4, -0.2) is 47.7 Å². The standard InChI is InChI=1S/C13H16BrN3O3/c1-8-9(3-2-4-10(8)14)13(18)17-5-6-20-11(7-17)12(15)16-19/h2-4,11,19H,5-7H2,1H3,(H2,15,16). The summed E-state index contributed by atoms with van der Waals surface area (Å²) in [6.07, 6.45) is -0.565. The topological polar surface area (TPSA) is 88.2 Å². The van der Waals surface area contributed by atoms with Crippen molar-refractivity contribution < 1.29 is 14.7 Å². The molecule has 0 aromatic heterocycles. The number of hydrogen-bond donors (Lipinski definition) is 2. The van der Waals surface area contributed by atoms with Crippen LogP contribution in [0.25, 0.3) is 0 Å². The summed E-state index contributed by atoms with van der Waals surface area (Å²) in [5.74, 6) is -0.101. The van der Waals surface area contributed by atoms with Gasteiger partial charge in [-0.05, 0) is 24.6 Å². The molecule has 1 saturated heterocycles. The molecule has 1 unspecified atom stereocenters. The molecule has 7 heteroatoms. The van der Waals surface area contributed by atoms with Gasteiger partial charge in [-0.3, -0.25) is 4.79 Å². The van der Waals surface area contributed by atoms with Crippen LogP contribution in [0.4, 0.5) is 0 Å². The van der Waals surface area contributed by atoms with Crippen molar-refractivity contribution in [2.24, 2.45) is 10.9 Å². The van der Waals surface area contributed by atoms with Crippen LogP contribution in [0.1, 0.15) is 15.9 Å². The fourth-order valence-electron chi connectivity index (χ4n) is 2.09. The lowest BCUT2D eigenvalue weighted by Gasteiger charge is -2.32. The molecular formula is C13H16BrN3O3. The zero-order valence-electron chi connectivity index (χ0n) is 11.0. The third-order valence-electron chi connectivity index (χ3n) is 3.30. The van der Waals surface area contributed by atoms with E-state index in [0.717, 1.165) is 10.0 Å². The Kier molecular flexibility index (Phi) is 4.61. The Bertz CT molecular complexity index is 548. The van der Waals surface area contributed by atoms with Crippen LogP contribution >= 0.6 is 15.9 Å². The highest BCUT2D eigenvalue weighted by Gasteiger charge is 2.28. The van der Waals surface area contributed by atoms with Crippen molar-refractivity contribution in [2.75, 3.05) is 19.7 Å². The predicted octanol–water partition coefficient (Wildman–Crippen LogP) is 1.34. The quantitative estimate of drug-likeness (QED) is 0.368. The van der Waals surface area contributed by atoms with Gasteiger partial charge in [-0.2, -0.15) is 0 Å². The molecule has 6 nitrogen and oxygen atoms in total. The van der Waals surface area contributed by atoms with Crippen molar-refractivity contribution in [3.05, 3.63) is 33.8 Å². The van der Waals surface area contributed by atoms with Crippen LogP contribution < -0.4 is 5.73 Å². The molecule has 108 valence electrons. The smallest absolute Gasteiger partial charge is 0.254 e. The predicted molar refractivity (Wildman–Crippen MR) is 77.9 cm³/mol. The zero-order valence-corrected chi connectivity index (χ0v) is 12.6. The molecule has 0 bridgehead atoms. The Morgan fingerprint density at radius 1 is 1.60 bits per heavy atom. The monoisotopic (exact) mass is 341 g/mol. The highest BCUT2D eigenvalue weighted by Crippen LogP contribution is 2.21. The van der Waals surface area contributed by atoms with E-state index in [1.807, 2.05) is 19.1 Å². The van der Waals surface area contributed by atoms with Crippen LogP contribution in [-0.2, 0) is 4.74 Å². The van der Waals surface area contributed by atoms with Crippen molar-refractivity contribution in [3.63, 3.8) is 0 Å². The number of rotatable bonds is 2. The van der Waals surface area contributed by atoms with Gasteiger partial charge < -0.3 is 20.6 Å². The molecule has 1 aliphatic rings. The van der Waals surface area contributed by atoms with Gasteiger partial charge in [0.15, 0.2) is 5.84 Å². The summed E-state index contributed by atoms with van der Waals surface area (Å²) in [5.41, 5.74) is 7.06. The molecule has 20 heavy (non-hydrogen) atoms. The van der Waals surface area contributed by atoms with E-state index in [1.54, 1.807) is 11.0 Å². The summed E-state index contributed by atoms with van der Waals surface area (Å²) in [5, 5.41) is 11.6. The van der Waals surface area contributed by atoms with E-state index in [2.05, 4.69) is 21.1 Å². The van der Waals surface area contributed by atoms with Gasteiger partial charge in [0.2, 0.25) is 0 Å². The molecule has 1 aromatic carbocycles. The molecule has 1 aromatic rings. The van der Waals surface area contributed by atoms with Gasteiger partial charge in [0.25, 0.3) is 5.91 Å². The van der Waals surface area contributed by atoms with Gasteiger partial charge in [-0.1, -0.05) is 27.2 Å². The number of benzene rings is 1. The number of halogens is 1. The fraction of sp³-hybridized carbons (Fsp3) is 0.385. The molecule has 0 aliphatic carbocycles. The van der Waals surface area contributed by atoms with Gasteiger partial charge in [0, 0.05) is 16.6 Å². The molecule has 1 atom stereocenters. The summed E-state index contributed by atoms with van der Waals surface area (Å²) < 4.78 is 6.28. The summed E-state index contributed by atoms with van der Waals surface area (Å²) in [6, 6.07) is 5.51. The van der Waals surface area contributed by atoms with Gasteiger partial charge >= 0.3 is 0 Å². The number of nitrogens with zero attached hydrogens (tertiary/aromatic N) is 2. The van der Waals surface area contributed by atoms with E-state index in [4.69, 9.17) is 15.7 Å². The molecule has 1 fully saturated rings. The average molecular weight is 342 g/mol. The second kappa shape index (κ2) is 6.23. The number of amides is 1. The summed E-state index contributed by atoms with van der Waals surface area (Å²) in [7, 11) is 0. The van der Waals surface area contributed by atoms with Crippen molar-refractivity contribution in [3.8, 4) is 0 Å². The number of morpholine rings is 1. The SMILES string of the molecule is Cc1c(Br)cccc1C(=O)N1CCOC(C(N)=NO)C1. The highest BCUT2D eigenvalue weighted by atomic mass is 79.9. The van der Waals surface area contributed by atoms with Crippen molar-refractivity contribution in [1.29, 1.82) is 0 Å². The lowest BCUT2D eigenvalue weighted by atomic mass is 10.1. The van der Waals surface area contributed by atoms with Crippen LogP contribution in [0.3, 0.4) is 0 Å². The van der Waals surface area contributed by atoms with Gasteiger partial charge in [0.1, 0.15) is 6.10 Å². The summed E-state index contributed by atoms with van der Waals surface area (Å²) in [4.78, 5) is 14.2. The van der Waals surface area contributed by atoms with E-state index in [-0.39, 0.29) is 18.3 Å². The Hall–Kier alpha value is -1.60.